The van der Waals surface area contributed by atoms with Crippen molar-refractivity contribution >= 4 is 5.97 Å². The number of hydrogen-bond donors (Lipinski definition) is 1. The summed E-state index contributed by atoms with van der Waals surface area (Å²) in [4.78, 5) is 16.7. The molecule has 0 amide bonds. The summed E-state index contributed by atoms with van der Waals surface area (Å²) in [6.45, 7) is 9.93. The molecule has 2 saturated heterocycles. The summed E-state index contributed by atoms with van der Waals surface area (Å²) >= 11 is 0. The van der Waals surface area contributed by atoms with E-state index in [4.69, 9.17) is 14.4 Å². The Morgan fingerprint density at radius 2 is 2.16 bits per heavy atom. The molecule has 0 aromatic rings. The second-order valence-electron chi connectivity index (χ2n) is 8.03. The maximum Gasteiger partial charge on any atom is 0.334 e. The van der Waals surface area contributed by atoms with Gasteiger partial charge in [0, 0.05) is 17.9 Å². The lowest BCUT2D eigenvalue weighted by Crippen LogP contribution is -2.25. The minimum atomic E-state index is -0.710. The van der Waals surface area contributed by atoms with Gasteiger partial charge in [-0.25, -0.2) is 9.68 Å². The number of fused-ring (bicyclic) bond motifs is 2. The zero-order chi connectivity index (χ0) is 18.2. The largest absolute Gasteiger partial charge is 0.458 e. The predicted molar refractivity (Wildman–Crippen MR) is 93.9 cm³/mol. The fraction of sp³-hybridized carbons (Fsp3) is 0.650. The van der Waals surface area contributed by atoms with Gasteiger partial charge in [-0.05, 0) is 46.5 Å². The number of carbonyl (C=O) groups excluding carboxylic acids is 1. The van der Waals surface area contributed by atoms with Gasteiger partial charge in [-0.2, -0.15) is 0 Å². The molecule has 2 aliphatic heterocycles. The van der Waals surface area contributed by atoms with Crippen molar-refractivity contribution in [2.45, 2.75) is 76.3 Å². The number of epoxide rings is 1. The van der Waals surface area contributed by atoms with Crippen LogP contribution in [0.3, 0.4) is 0 Å². The van der Waals surface area contributed by atoms with Gasteiger partial charge in [0.1, 0.15) is 11.7 Å². The van der Waals surface area contributed by atoms with Crippen LogP contribution in [0.5, 0.6) is 0 Å². The Morgan fingerprint density at radius 3 is 2.88 bits per heavy atom. The topological polar surface area (TPSA) is 68.3 Å². The fourth-order valence-corrected chi connectivity index (χ4v) is 3.86. The van der Waals surface area contributed by atoms with Crippen LogP contribution >= 0.6 is 0 Å². The van der Waals surface area contributed by atoms with Gasteiger partial charge < -0.3 is 9.47 Å². The summed E-state index contributed by atoms with van der Waals surface area (Å²) in [5, 5.41) is 9.27. The summed E-state index contributed by atoms with van der Waals surface area (Å²) in [6.07, 6.45) is 9.61. The second kappa shape index (κ2) is 6.71. The zero-order valence-electron chi connectivity index (χ0n) is 15.3. The third-order valence-corrected chi connectivity index (χ3v) is 5.78. The Hall–Kier alpha value is -1.43. The van der Waals surface area contributed by atoms with E-state index in [1.165, 1.54) is 5.57 Å². The van der Waals surface area contributed by atoms with Gasteiger partial charge in [0.15, 0.2) is 0 Å². The van der Waals surface area contributed by atoms with Crippen LogP contribution in [-0.2, 0) is 19.2 Å². The van der Waals surface area contributed by atoms with Gasteiger partial charge in [-0.1, -0.05) is 30.4 Å². The smallest absolute Gasteiger partial charge is 0.334 e. The van der Waals surface area contributed by atoms with Gasteiger partial charge in [0.05, 0.1) is 11.7 Å². The van der Waals surface area contributed by atoms with Crippen LogP contribution < -0.4 is 0 Å². The lowest BCUT2D eigenvalue weighted by atomic mass is 9.85. The highest BCUT2D eigenvalue weighted by Gasteiger charge is 2.54. The normalized spacial score (nSPS) is 45.4. The first-order chi connectivity index (χ1) is 11.8. The number of carbonyl (C=O) groups is 1. The molecule has 1 aliphatic carbocycles. The van der Waals surface area contributed by atoms with E-state index in [9.17, 15) is 10.1 Å². The van der Waals surface area contributed by atoms with Crippen molar-refractivity contribution in [2.24, 2.45) is 5.92 Å². The Labute approximate surface area is 149 Å². The van der Waals surface area contributed by atoms with Crippen LogP contribution in [0.2, 0.25) is 0 Å². The molecule has 0 bridgehead atoms. The van der Waals surface area contributed by atoms with Crippen LogP contribution in [0.25, 0.3) is 0 Å². The molecular formula is C20H28O5. The minimum absolute atomic E-state index is 0.0145. The second-order valence-corrected chi connectivity index (χ2v) is 8.03. The van der Waals surface area contributed by atoms with E-state index in [-0.39, 0.29) is 29.7 Å². The molecule has 0 unspecified atom stereocenters. The van der Waals surface area contributed by atoms with Crippen LogP contribution in [0.15, 0.2) is 36.0 Å². The Balaban J connectivity index is 1.82. The first-order valence-electron chi connectivity index (χ1n) is 9.00. The maximum atomic E-state index is 12.0. The summed E-state index contributed by atoms with van der Waals surface area (Å²) in [7, 11) is 0. The quantitative estimate of drug-likeness (QED) is 0.194. The minimum Gasteiger partial charge on any atom is -0.458 e. The first kappa shape index (κ1) is 18.4. The Bertz CT molecular complexity index is 622. The number of esters is 1. The Kier molecular flexibility index (Phi) is 4.93. The van der Waals surface area contributed by atoms with E-state index in [1.807, 2.05) is 26.0 Å². The van der Waals surface area contributed by atoms with E-state index in [0.717, 1.165) is 19.3 Å². The van der Waals surface area contributed by atoms with Gasteiger partial charge in [-0.15, -0.1) is 0 Å². The predicted octanol–water partition coefficient (Wildman–Crippen LogP) is 3.96. The monoisotopic (exact) mass is 348 g/mol. The van der Waals surface area contributed by atoms with Crippen molar-refractivity contribution < 1.29 is 24.4 Å². The molecule has 138 valence electrons. The van der Waals surface area contributed by atoms with Crippen molar-refractivity contribution in [1.82, 2.24) is 0 Å². The number of hydrogen-bond acceptors (Lipinski definition) is 5. The van der Waals surface area contributed by atoms with E-state index in [2.05, 4.69) is 19.6 Å². The molecule has 0 saturated carbocycles. The van der Waals surface area contributed by atoms with Crippen LogP contribution in [0.1, 0.15) is 52.9 Å². The Morgan fingerprint density at radius 1 is 1.40 bits per heavy atom. The van der Waals surface area contributed by atoms with Gasteiger partial charge in [0.2, 0.25) is 0 Å². The molecule has 5 heteroatoms. The molecule has 5 atom stereocenters. The molecule has 2 heterocycles. The SMILES string of the molecule is C=C1C(=O)O[C@H]2C/C(C)=C/CC[C@](C)(OO)/C=C/C[C@]3(C)O[C@H]3C[C@H]12. The van der Waals surface area contributed by atoms with Crippen LogP contribution in [0.4, 0.5) is 0 Å². The highest BCUT2D eigenvalue weighted by atomic mass is 17.1. The van der Waals surface area contributed by atoms with Gasteiger partial charge in [0.25, 0.3) is 0 Å². The van der Waals surface area contributed by atoms with Crippen molar-refractivity contribution in [2.75, 3.05) is 0 Å². The summed E-state index contributed by atoms with van der Waals surface area (Å²) in [5.74, 6) is -0.267. The summed E-state index contributed by atoms with van der Waals surface area (Å²) in [6, 6.07) is 0. The van der Waals surface area contributed by atoms with Gasteiger partial charge in [-0.3, -0.25) is 5.26 Å². The first-order valence-corrected chi connectivity index (χ1v) is 9.00. The molecule has 5 nitrogen and oxygen atoms in total. The number of allylic oxidation sites excluding steroid dienone is 1. The summed E-state index contributed by atoms with van der Waals surface area (Å²) < 4.78 is 11.5. The molecule has 3 aliphatic rings. The molecule has 2 fully saturated rings. The zero-order valence-corrected chi connectivity index (χ0v) is 15.3. The van der Waals surface area contributed by atoms with E-state index in [1.54, 1.807) is 0 Å². The average molecular weight is 348 g/mol. The van der Waals surface area contributed by atoms with Gasteiger partial charge >= 0.3 is 5.97 Å². The van der Waals surface area contributed by atoms with Crippen LogP contribution in [-0.4, -0.2) is 34.6 Å². The highest BCUT2D eigenvalue weighted by molar-refractivity contribution is 5.90. The summed E-state index contributed by atoms with van der Waals surface area (Å²) in [5.41, 5.74) is 0.786. The molecule has 0 spiro atoms. The van der Waals surface area contributed by atoms with Crippen molar-refractivity contribution in [1.29, 1.82) is 0 Å². The third kappa shape index (κ3) is 3.89. The molecule has 0 radical (unpaired) electrons. The van der Waals surface area contributed by atoms with Crippen molar-refractivity contribution in [3.05, 3.63) is 36.0 Å². The van der Waals surface area contributed by atoms with E-state index >= 15 is 0 Å². The van der Waals surface area contributed by atoms with Crippen molar-refractivity contribution in [3.8, 4) is 0 Å². The van der Waals surface area contributed by atoms with Crippen molar-refractivity contribution in [3.63, 3.8) is 0 Å². The lowest BCUT2D eigenvalue weighted by molar-refractivity contribution is -0.303. The molecule has 0 aromatic heterocycles. The number of ether oxygens (including phenoxy) is 2. The van der Waals surface area contributed by atoms with E-state index in [0.29, 0.717) is 18.4 Å². The molecular weight excluding hydrogens is 320 g/mol. The molecule has 25 heavy (non-hydrogen) atoms. The maximum absolute atomic E-state index is 12.0. The lowest BCUT2D eigenvalue weighted by Gasteiger charge is -2.22. The molecule has 1 N–H and O–H groups in total. The molecule has 0 aromatic carbocycles. The van der Waals surface area contributed by atoms with Crippen LogP contribution in [0, 0.1) is 5.92 Å². The third-order valence-electron chi connectivity index (χ3n) is 5.78. The standard InChI is InChI=1S/C20H28O5/c1-13-7-5-8-19(3,25-22)9-6-10-20(4)17(24-20)12-15-14(2)18(21)23-16(15)11-13/h6-7,9,15-17,22H,2,5,8,10-12H2,1,3-4H3/b9-6+,13-7+/t15-,16+,17+,19+,20+/m1/s1. The average Bonchev–Trinajstić information content (AvgIpc) is 3.12. The fourth-order valence-electron chi connectivity index (χ4n) is 3.86. The molecule has 3 rings (SSSR count). The van der Waals surface area contributed by atoms with E-state index < -0.39 is 5.60 Å². The highest BCUT2D eigenvalue weighted by Crippen LogP contribution is 2.47. The number of rotatable bonds is 1.